The molecular formula is C16H24N2O2. The van der Waals surface area contributed by atoms with Gasteiger partial charge in [-0.3, -0.25) is 4.79 Å². The van der Waals surface area contributed by atoms with Crippen molar-refractivity contribution in [2.75, 3.05) is 13.7 Å². The molecule has 0 saturated carbocycles. The Morgan fingerprint density at radius 3 is 2.90 bits per heavy atom. The van der Waals surface area contributed by atoms with Gasteiger partial charge in [-0.05, 0) is 24.0 Å². The largest absolute Gasteiger partial charge is 0.377 e. The van der Waals surface area contributed by atoms with Crippen LogP contribution in [0.3, 0.4) is 0 Å². The van der Waals surface area contributed by atoms with Crippen molar-refractivity contribution in [1.82, 2.24) is 4.90 Å². The molecule has 0 radical (unpaired) electrons. The lowest BCUT2D eigenvalue weighted by Crippen LogP contribution is -2.36. The molecule has 1 fully saturated rings. The zero-order chi connectivity index (χ0) is 14.5. The number of rotatable bonds is 5. The van der Waals surface area contributed by atoms with E-state index in [1.165, 1.54) is 0 Å². The molecule has 2 rings (SSSR count). The van der Waals surface area contributed by atoms with Gasteiger partial charge in [0.05, 0.1) is 12.0 Å². The summed E-state index contributed by atoms with van der Waals surface area (Å²) in [5, 5.41) is 0. The summed E-state index contributed by atoms with van der Waals surface area (Å²) < 4.78 is 5.61. The maximum Gasteiger partial charge on any atom is 0.228 e. The van der Waals surface area contributed by atoms with Crippen molar-refractivity contribution in [2.24, 2.45) is 11.7 Å². The van der Waals surface area contributed by atoms with Crippen LogP contribution in [0.1, 0.15) is 30.9 Å². The molecule has 1 aliphatic heterocycles. The van der Waals surface area contributed by atoms with E-state index in [9.17, 15) is 4.79 Å². The van der Waals surface area contributed by atoms with Crippen LogP contribution in [0.5, 0.6) is 0 Å². The van der Waals surface area contributed by atoms with E-state index < -0.39 is 0 Å². The van der Waals surface area contributed by atoms with Crippen molar-refractivity contribution in [3.05, 3.63) is 35.4 Å². The first-order valence-corrected chi connectivity index (χ1v) is 7.30. The van der Waals surface area contributed by atoms with E-state index in [2.05, 4.69) is 13.0 Å². The standard InChI is InChI=1S/C16H24N2O2/c1-3-15-14(7-8-20-15)16(19)18(2)11-13-6-4-5-12(9-13)10-17/h4-6,9,14-15H,3,7-8,10-11,17H2,1-2H3. The summed E-state index contributed by atoms with van der Waals surface area (Å²) in [4.78, 5) is 14.3. The van der Waals surface area contributed by atoms with Gasteiger partial charge in [0.2, 0.25) is 5.91 Å². The molecule has 0 spiro atoms. The van der Waals surface area contributed by atoms with Gasteiger partial charge in [-0.1, -0.05) is 31.2 Å². The van der Waals surface area contributed by atoms with Crippen LogP contribution in [-0.2, 0) is 22.6 Å². The van der Waals surface area contributed by atoms with Gasteiger partial charge in [0.25, 0.3) is 0 Å². The molecule has 1 aromatic rings. The third kappa shape index (κ3) is 3.38. The molecule has 2 unspecified atom stereocenters. The Hall–Kier alpha value is -1.39. The van der Waals surface area contributed by atoms with Crippen molar-refractivity contribution in [3.8, 4) is 0 Å². The zero-order valence-electron chi connectivity index (χ0n) is 12.3. The highest BCUT2D eigenvalue weighted by atomic mass is 16.5. The van der Waals surface area contributed by atoms with Crippen molar-refractivity contribution >= 4 is 5.91 Å². The Kier molecular flexibility index (Phi) is 5.15. The highest BCUT2D eigenvalue weighted by Crippen LogP contribution is 2.25. The molecular weight excluding hydrogens is 252 g/mol. The summed E-state index contributed by atoms with van der Waals surface area (Å²) in [7, 11) is 1.86. The minimum Gasteiger partial charge on any atom is -0.377 e. The maximum atomic E-state index is 12.5. The number of ether oxygens (including phenoxy) is 1. The van der Waals surface area contributed by atoms with Gasteiger partial charge in [-0.2, -0.15) is 0 Å². The molecule has 1 heterocycles. The second-order valence-electron chi connectivity index (χ2n) is 5.43. The number of nitrogens with two attached hydrogens (primary N) is 1. The smallest absolute Gasteiger partial charge is 0.228 e. The molecule has 1 saturated heterocycles. The van der Waals surface area contributed by atoms with Crippen LogP contribution >= 0.6 is 0 Å². The Morgan fingerprint density at radius 1 is 1.45 bits per heavy atom. The molecule has 4 nitrogen and oxygen atoms in total. The van der Waals surface area contributed by atoms with E-state index in [-0.39, 0.29) is 17.9 Å². The first-order valence-electron chi connectivity index (χ1n) is 7.30. The monoisotopic (exact) mass is 276 g/mol. The summed E-state index contributed by atoms with van der Waals surface area (Å²) in [6, 6.07) is 8.09. The van der Waals surface area contributed by atoms with Gasteiger partial charge in [0.1, 0.15) is 0 Å². The molecule has 110 valence electrons. The van der Waals surface area contributed by atoms with E-state index in [1.54, 1.807) is 4.90 Å². The van der Waals surface area contributed by atoms with Crippen LogP contribution in [-0.4, -0.2) is 30.6 Å². The number of hydrogen-bond acceptors (Lipinski definition) is 3. The predicted molar refractivity (Wildman–Crippen MR) is 78.9 cm³/mol. The molecule has 1 aliphatic rings. The number of carbonyl (C=O) groups excluding carboxylic acids is 1. The molecule has 0 aromatic heterocycles. The number of hydrogen-bond donors (Lipinski definition) is 1. The van der Waals surface area contributed by atoms with E-state index >= 15 is 0 Å². The summed E-state index contributed by atoms with van der Waals surface area (Å²) >= 11 is 0. The molecule has 0 aliphatic carbocycles. The van der Waals surface area contributed by atoms with Gasteiger partial charge in [-0.25, -0.2) is 0 Å². The normalized spacial score (nSPS) is 21.9. The average Bonchev–Trinajstić information content (AvgIpc) is 2.95. The third-order valence-electron chi connectivity index (χ3n) is 3.95. The lowest BCUT2D eigenvalue weighted by atomic mass is 9.98. The summed E-state index contributed by atoms with van der Waals surface area (Å²) in [5.74, 6) is 0.204. The van der Waals surface area contributed by atoms with E-state index in [4.69, 9.17) is 10.5 Å². The maximum absolute atomic E-state index is 12.5. The fourth-order valence-electron chi connectivity index (χ4n) is 2.82. The lowest BCUT2D eigenvalue weighted by Gasteiger charge is -2.24. The van der Waals surface area contributed by atoms with Gasteiger partial charge in [0.15, 0.2) is 0 Å². The fraction of sp³-hybridized carbons (Fsp3) is 0.562. The Balaban J connectivity index is 2.00. The second-order valence-corrected chi connectivity index (χ2v) is 5.43. The fourth-order valence-corrected chi connectivity index (χ4v) is 2.82. The first-order chi connectivity index (χ1) is 9.65. The van der Waals surface area contributed by atoms with E-state index in [0.29, 0.717) is 19.7 Å². The second kappa shape index (κ2) is 6.86. The van der Waals surface area contributed by atoms with Crippen molar-refractivity contribution in [1.29, 1.82) is 0 Å². The van der Waals surface area contributed by atoms with E-state index in [1.807, 2.05) is 25.2 Å². The predicted octanol–water partition coefficient (Wildman–Crippen LogP) is 1.92. The van der Waals surface area contributed by atoms with Crippen LogP contribution < -0.4 is 5.73 Å². The third-order valence-corrected chi connectivity index (χ3v) is 3.95. The van der Waals surface area contributed by atoms with Crippen molar-refractivity contribution < 1.29 is 9.53 Å². The summed E-state index contributed by atoms with van der Waals surface area (Å²) in [6.45, 7) is 3.92. The molecule has 4 heteroatoms. The number of nitrogens with zero attached hydrogens (tertiary/aromatic N) is 1. The Morgan fingerprint density at radius 2 is 2.20 bits per heavy atom. The van der Waals surface area contributed by atoms with Gasteiger partial charge < -0.3 is 15.4 Å². The molecule has 0 bridgehead atoms. The van der Waals surface area contributed by atoms with Crippen LogP contribution in [0, 0.1) is 5.92 Å². The minimum atomic E-state index is 0.0164. The highest BCUT2D eigenvalue weighted by Gasteiger charge is 2.34. The molecule has 1 amide bonds. The Bertz CT molecular complexity index is 462. The van der Waals surface area contributed by atoms with Gasteiger partial charge >= 0.3 is 0 Å². The number of amides is 1. The van der Waals surface area contributed by atoms with Crippen LogP contribution in [0.15, 0.2) is 24.3 Å². The summed E-state index contributed by atoms with van der Waals surface area (Å²) in [6.07, 6.45) is 1.82. The SMILES string of the molecule is CCC1OCCC1C(=O)N(C)Cc1cccc(CN)c1. The van der Waals surface area contributed by atoms with Crippen molar-refractivity contribution in [2.45, 2.75) is 39.0 Å². The molecule has 20 heavy (non-hydrogen) atoms. The van der Waals surface area contributed by atoms with Crippen LogP contribution in [0.2, 0.25) is 0 Å². The lowest BCUT2D eigenvalue weighted by molar-refractivity contribution is -0.136. The quantitative estimate of drug-likeness (QED) is 0.894. The topological polar surface area (TPSA) is 55.6 Å². The van der Waals surface area contributed by atoms with Crippen LogP contribution in [0.4, 0.5) is 0 Å². The first kappa shape index (κ1) is 15.0. The molecule has 2 N–H and O–H groups in total. The van der Waals surface area contributed by atoms with Crippen LogP contribution in [0.25, 0.3) is 0 Å². The zero-order valence-corrected chi connectivity index (χ0v) is 12.3. The summed E-state index contributed by atoms with van der Waals surface area (Å²) in [5.41, 5.74) is 7.87. The Labute approximate surface area is 120 Å². The minimum absolute atomic E-state index is 0.0164. The average molecular weight is 276 g/mol. The molecule has 1 aromatic carbocycles. The van der Waals surface area contributed by atoms with Crippen molar-refractivity contribution in [3.63, 3.8) is 0 Å². The van der Waals surface area contributed by atoms with E-state index in [0.717, 1.165) is 24.0 Å². The highest BCUT2D eigenvalue weighted by molar-refractivity contribution is 5.79. The molecule has 2 atom stereocenters. The number of carbonyl (C=O) groups is 1. The van der Waals surface area contributed by atoms with Gasteiger partial charge in [-0.15, -0.1) is 0 Å². The number of benzene rings is 1. The van der Waals surface area contributed by atoms with Gasteiger partial charge in [0, 0.05) is 26.7 Å².